The predicted octanol–water partition coefficient (Wildman–Crippen LogP) is 2.97. The van der Waals surface area contributed by atoms with Gasteiger partial charge in [-0.05, 0) is 50.6 Å². The molecule has 2 unspecified atom stereocenters. The van der Waals surface area contributed by atoms with E-state index in [4.69, 9.17) is 10.5 Å². The Morgan fingerprint density at radius 3 is 2.83 bits per heavy atom. The van der Waals surface area contributed by atoms with Crippen LogP contribution in [0.15, 0.2) is 23.3 Å². The van der Waals surface area contributed by atoms with Crippen molar-refractivity contribution in [2.45, 2.75) is 76.1 Å². The highest BCUT2D eigenvalue weighted by molar-refractivity contribution is 5.81. The molecule has 5 nitrogen and oxygen atoms in total. The molecule has 4 rings (SSSR count). The largest absolute Gasteiger partial charge is 0.370 e. The van der Waals surface area contributed by atoms with Crippen LogP contribution in [0.5, 0.6) is 0 Å². The van der Waals surface area contributed by atoms with Crippen LogP contribution in [0.25, 0.3) is 0 Å². The number of rotatable bonds is 6. The summed E-state index contributed by atoms with van der Waals surface area (Å²) < 4.78 is 33.6. The van der Waals surface area contributed by atoms with Crippen molar-refractivity contribution >= 4 is 5.91 Å². The summed E-state index contributed by atoms with van der Waals surface area (Å²) in [6.07, 6.45) is 5.61. The van der Waals surface area contributed by atoms with Gasteiger partial charge in [0.15, 0.2) is 0 Å². The van der Waals surface area contributed by atoms with Gasteiger partial charge in [0.1, 0.15) is 17.8 Å². The van der Waals surface area contributed by atoms with Gasteiger partial charge < -0.3 is 20.7 Å². The van der Waals surface area contributed by atoms with E-state index in [1.54, 1.807) is 0 Å². The number of carbonyl (C=O) groups is 1. The van der Waals surface area contributed by atoms with E-state index in [-0.39, 0.29) is 48.1 Å². The number of hydrogen-bond donors (Lipinski definition) is 2. The van der Waals surface area contributed by atoms with Crippen molar-refractivity contribution in [3.8, 4) is 0 Å². The fourth-order valence-electron chi connectivity index (χ4n) is 4.98. The molecule has 1 amide bonds. The standard InChI is InChI=1S/C22H33F2N3O2/c1-13-7-9-27(22(28)14-2-3-14)20(13)6-8-26-16-11-19(25)21(29-12-16)17-10-15(23)4-5-18(17)24/h10,13-14,16,19-21,26H,2-9,11-12,25H2,1H3/t13?,16-,19+,20?,21-/m1/s1. The Morgan fingerprint density at radius 1 is 1.31 bits per heavy atom. The summed E-state index contributed by atoms with van der Waals surface area (Å²) in [7, 11) is 0. The summed E-state index contributed by atoms with van der Waals surface area (Å²) in [5.74, 6) is 0.512. The van der Waals surface area contributed by atoms with Gasteiger partial charge in [-0.15, -0.1) is 0 Å². The Labute approximate surface area is 171 Å². The number of allylic oxidation sites excluding steroid dienone is 2. The number of nitrogens with two attached hydrogens (primary N) is 1. The Balaban J connectivity index is 1.26. The lowest BCUT2D eigenvalue weighted by Gasteiger charge is -2.36. The second-order valence-electron chi connectivity index (χ2n) is 9.18. The Hall–Kier alpha value is -1.31. The molecular weight excluding hydrogens is 376 g/mol. The van der Waals surface area contributed by atoms with Crippen molar-refractivity contribution in [3.63, 3.8) is 0 Å². The lowest BCUT2D eigenvalue weighted by atomic mass is 9.90. The smallest absolute Gasteiger partial charge is 0.225 e. The van der Waals surface area contributed by atoms with E-state index in [2.05, 4.69) is 17.1 Å². The van der Waals surface area contributed by atoms with Crippen LogP contribution < -0.4 is 11.1 Å². The third-order valence-electron chi connectivity index (χ3n) is 6.90. The van der Waals surface area contributed by atoms with Gasteiger partial charge in [-0.2, -0.15) is 0 Å². The first-order valence-electron chi connectivity index (χ1n) is 11.1. The van der Waals surface area contributed by atoms with E-state index < -0.39 is 6.10 Å². The van der Waals surface area contributed by atoms with E-state index in [1.807, 2.05) is 0 Å². The Kier molecular flexibility index (Phi) is 6.37. The average Bonchev–Trinajstić information content (AvgIpc) is 3.48. The summed E-state index contributed by atoms with van der Waals surface area (Å²) in [4.78, 5) is 14.6. The molecule has 1 saturated carbocycles. The SMILES string of the molecule is CC1CCN(C(=O)C2CC2)C1CCN[C@H]1CO[C@H](C2=C(F)CCC(F)=C2)[C@@H](N)C1. The fourth-order valence-corrected chi connectivity index (χ4v) is 4.98. The molecule has 0 aromatic heterocycles. The monoisotopic (exact) mass is 409 g/mol. The van der Waals surface area contributed by atoms with Gasteiger partial charge >= 0.3 is 0 Å². The molecule has 2 aliphatic carbocycles. The molecule has 2 aliphatic heterocycles. The van der Waals surface area contributed by atoms with Crippen LogP contribution >= 0.6 is 0 Å². The topological polar surface area (TPSA) is 67.6 Å². The van der Waals surface area contributed by atoms with E-state index in [0.29, 0.717) is 30.9 Å². The second kappa shape index (κ2) is 8.82. The Morgan fingerprint density at radius 2 is 2.10 bits per heavy atom. The molecule has 0 spiro atoms. The number of carbonyl (C=O) groups excluding carboxylic acids is 1. The van der Waals surface area contributed by atoms with Gasteiger partial charge in [0.05, 0.1) is 6.61 Å². The molecule has 7 heteroatoms. The highest BCUT2D eigenvalue weighted by atomic mass is 19.1. The number of likely N-dealkylation sites (tertiary alicyclic amines) is 1. The summed E-state index contributed by atoms with van der Waals surface area (Å²) in [5, 5.41) is 3.50. The zero-order valence-electron chi connectivity index (χ0n) is 17.2. The lowest BCUT2D eigenvalue weighted by Crippen LogP contribution is -2.52. The van der Waals surface area contributed by atoms with E-state index in [0.717, 1.165) is 38.8 Å². The van der Waals surface area contributed by atoms with Gasteiger partial charge in [0.2, 0.25) is 5.91 Å². The van der Waals surface area contributed by atoms with E-state index in [1.165, 1.54) is 6.08 Å². The maximum Gasteiger partial charge on any atom is 0.225 e. The quantitative estimate of drug-likeness (QED) is 0.708. The van der Waals surface area contributed by atoms with Crippen molar-refractivity contribution < 1.29 is 18.3 Å². The molecule has 3 N–H and O–H groups in total. The summed E-state index contributed by atoms with van der Waals surface area (Å²) in [6.45, 7) is 4.33. The van der Waals surface area contributed by atoms with Gasteiger partial charge in [0.25, 0.3) is 0 Å². The van der Waals surface area contributed by atoms with Crippen molar-refractivity contribution in [1.29, 1.82) is 0 Å². The van der Waals surface area contributed by atoms with Crippen molar-refractivity contribution in [2.75, 3.05) is 19.7 Å². The maximum absolute atomic E-state index is 14.1. The maximum atomic E-state index is 14.1. The van der Waals surface area contributed by atoms with Crippen LogP contribution in [0.2, 0.25) is 0 Å². The number of nitrogens with one attached hydrogen (secondary N) is 1. The normalized spacial score (nSPS) is 35.8. The zero-order chi connectivity index (χ0) is 20.5. The number of nitrogens with zero attached hydrogens (tertiary/aromatic N) is 1. The van der Waals surface area contributed by atoms with Crippen molar-refractivity contribution in [3.05, 3.63) is 23.3 Å². The lowest BCUT2D eigenvalue weighted by molar-refractivity contribution is -0.133. The number of ether oxygens (including phenoxy) is 1. The van der Waals surface area contributed by atoms with Crippen LogP contribution in [-0.4, -0.2) is 54.7 Å². The summed E-state index contributed by atoms with van der Waals surface area (Å²) >= 11 is 0. The number of amides is 1. The van der Waals surface area contributed by atoms with Gasteiger partial charge in [-0.3, -0.25) is 4.79 Å². The highest BCUT2D eigenvalue weighted by Gasteiger charge is 2.41. The van der Waals surface area contributed by atoms with Gasteiger partial charge in [-0.1, -0.05) is 6.92 Å². The average molecular weight is 410 g/mol. The van der Waals surface area contributed by atoms with Crippen LogP contribution in [0.1, 0.15) is 51.9 Å². The molecule has 0 aromatic rings. The van der Waals surface area contributed by atoms with Crippen LogP contribution in [0.4, 0.5) is 8.78 Å². The molecule has 29 heavy (non-hydrogen) atoms. The molecule has 162 valence electrons. The minimum absolute atomic E-state index is 0.0849. The molecule has 4 aliphatic rings. The highest BCUT2D eigenvalue weighted by Crippen LogP contribution is 2.36. The molecule has 5 atom stereocenters. The Bertz CT molecular complexity index is 692. The third kappa shape index (κ3) is 4.72. The van der Waals surface area contributed by atoms with Crippen LogP contribution in [-0.2, 0) is 9.53 Å². The molecule has 0 radical (unpaired) electrons. The zero-order valence-corrected chi connectivity index (χ0v) is 17.2. The molecular formula is C22H33F2N3O2. The van der Waals surface area contributed by atoms with Crippen LogP contribution in [0, 0.1) is 11.8 Å². The van der Waals surface area contributed by atoms with Crippen molar-refractivity contribution in [2.24, 2.45) is 17.6 Å². The minimum atomic E-state index is -0.583. The number of hydrogen-bond acceptors (Lipinski definition) is 4. The summed E-state index contributed by atoms with van der Waals surface area (Å²) in [6, 6.07) is 0.0188. The second-order valence-corrected chi connectivity index (χ2v) is 9.18. The van der Waals surface area contributed by atoms with Gasteiger partial charge in [-0.25, -0.2) is 8.78 Å². The summed E-state index contributed by atoms with van der Waals surface area (Å²) in [5.41, 5.74) is 6.53. The van der Waals surface area contributed by atoms with Crippen LogP contribution in [0.3, 0.4) is 0 Å². The number of halogens is 2. The first kappa shape index (κ1) is 20.9. The first-order valence-corrected chi connectivity index (χ1v) is 11.1. The predicted molar refractivity (Wildman–Crippen MR) is 107 cm³/mol. The molecule has 2 heterocycles. The molecule has 2 saturated heterocycles. The minimum Gasteiger partial charge on any atom is -0.370 e. The molecule has 0 bridgehead atoms. The molecule has 3 fully saturated rings. The first-order chi connectivity index (χ1) is 13.9. The molecule has 0 aromatic carbocycles. The fraction of sp³-hybridized carbons (Fsp3) is 0.773. The van der Waals surface area contributed by atoms with Crippen molar-refractivity contribution in [1.82, 2.24) is 10.2 Å². The van der Waals surface area contributed by atoms with Gasteiger partial charge in [0, 0.05) is 49.0 Å². The van der Waals surface area contributed by atoms with E-state index in [9.17, 15) is 13.6 Å². The third-order valence-corrected chi connectivity index (χ3v) is 6.90. The van der Waals surface area contributed by atoms with E-state index >= 15 is 0 Å².